The smallest absolute Gasteiger partial charge is 0.350 e. The van der Waals surface area contributed by atoms with Crippen LogP contribution in [-0.4, -0.2) is 33.0 Å². The van der Waals surface area contributed by atoms with Gasteiger partial charge in [-0.05, 0) is 38.8 Å². The highest BCUT2D eigenvalue weighted by Crippen LogP contribution is 2.23. The number of rotatable bonds is 7. The number of ether oxygens (including phenoxy) is 1. The molecule has 0 aliphatic carbocycles. The molecule has 1 amide bonds. The fourth-order valence-corrected chi connectivity index (χ4v) is 3.80. The molecule has 1 N–H and O–H groups in total. The molecule has 9 heteroatoms. The SMILES string of the molecule is CCOC(=O)c1sc(NC(=O)CCCn2cnc3c(C)cccc3c2=O)nc1C. The predicted octanol–water partition coefficient (Wildman–Crippen LogP) is 3.07. The number of nitrogens with one attached hydrogen (secondary N) is 1. The summed E-state index contributed by atoms with van der Waals surface area (Å²) in [5, 5.41) is 3.62. The topological polar surface area (TPSA) is 103 Å². The largest absolute Gasteiger partial charge is 0.462 e. The highest BCUT2D eigenvalue weighted by atomic mass is 32.1. The molecule has 0 saturated carbocycles. The first-order chi connectivity index (χ1) is 13.9. The number of hydrogen-bond donors (Lipinski definition) is 1. The summed E-state index contributed by atoms with van der Waals surface area (Å²) in [5.74, 6) is -0.673. The first-order valence-electron chi connectivity index (χ1n) is 9.30. The summed E-state index contributed by atoms with van der Waals surface area (Å²) in [4.78, 5) is 45.5. The van der Waals surface area contributed by atoms with Crippen molar-refractivity contribution < 1.29 is 14.3 Å². The summed E-state index contributed by atoms with van der Waals surface area (Å²) in [6, 6.07) is 5.50. The molecule has 152 valence electrons. The number of amides is 1. The van der Waals surface area contributed by atoms with Gasteiger partial charge in [-0.15, -0.1) is 0 Å². The highest BCUT2D eigenvalue weighted by molar-refractivity contribution is 7.17. The Morgan fingerprint density at radius 3 is 2.83 bits per heavy atom. The summed E-state index contributed by atoms with van der Waals surface area (Å²) in [7, 11) is 0. The van der Waals surface area contributed by atoms with E-state index in [-0.39, 0.29) is 24.5 Å². The predicted molar refractivity (Wildman–Crippen MR) is 111 cm³/mol. The van der Waals surface area contributed by atoms with Crippen LogP contribution in [0.4, 0.5) is 5.13 Å². The number of hydrogen-bond acceptors (Lipinski definition) is 7. The Morgan fingerprint density at radius 1 is 1.28 bits per heavy atom. The fourth-order valence-electron chi connectivity index (χ4n) is 2.92. The molecule has 0 spiro atoms. The van der Waals surface area contributed by atoms with Crippen LogP contribution >= 0.6 is 11.3 Å². The van der Waals surface area contributed by atoms with Crippen LogP contribution in [-0.2, 0) is 16.1 Å². The molecule has 2 heterocycles. The molecule has 3 rings (SSSR count). The molecule has 0 atom stereocenters. The molecule has 0 bridgehead atoms. The third-order valence-electron chi connectivity index (χ3n) is 4.36. The van der Waals surface area contributed by atoms with E-state index in [0.717, 1.165) is 16.9 Å². The lowest BCUT2D eigenvalue weighted by molar-refractivity contribution is -0.116. The molecule has 3 aromatic rings. The number of carbonyl (C=O) groups excluding carboxylic acids is 2. The van der Waals surface area contributed by atoms with Crippen LogP contribution < -0.4 is 10.9 Å². The minimum absolute atomic E-state index is 0.117. The van der Waals surface area contributed by atoms with E-state index in [9.17, 15) is 14.4 Å². The van der Waals surface area contributed by atoms with E-state index in [1.165, 1.54) is 10.9 Å². The molecule has 0 unspecified atom stereocenters. The third-order valence-corrected chi connectivity index (χ3v) is 5.41. The molecule has 0 saturated heterocycles. The average Bonchev–Trinajstić information content (AvgIpc) is 3.04. The lowest BCUT2D eigenvalue weighted by atomic mass is 10.1. The van der Waals surface area contributed by atoms with Crippen molar-refractivity contribution in [3.63, 3.8) is 0 Å². The lowest BCUT2D eigenvalue weighted by Crippen LogP contribution is -2.22. The minimum Gasteiger partial charge on any atom is -0.462 e. The Labute approximate surface area is 171 Å². The maximum atomic E-state index is 12.6. The molecule has 29 heavy (non-hydrogen) atoms. The van der Waals surface area contributed by atoms with E-state index in [1.54, 1.807) is 19.9 Å². The van der Waals surface area contributed by atoms with Crippen molar-refractivity contribution in [1.29, 1.82) is 0 Å². The van der Waals surface area contributed by atoms with Gasteiger partial charge >= 0.3 is 5.97 Å². The monoisotopic (exact) mass is 414 g/mol. The van der Waals surface area contributed by atoms with Gasteiger partial charge in [-0.2, -0.15) is 0 Å². The van der Waals surface area contributed by atoms with Gasteiger partial charge in [-0.1, -0.05) is 23.5 Å². The summed E-state index contributed by atoms with van der Waals surface area (Å²) < 4.78 is 6.49. The first-order valence-corrected chi connectivity index (χ1v) is 10.1. The standard InChI is InChI=1S/C20H22N4O4S/c1-4-28-19(27)17-13(3)22-20(29-17)23-15(25)9-6-10-24-11-21-16-12(2)7-5-8-14(16)18(24)26/h5,7-8,11H,4,6,9-10H2,1-3H3,(H,22,23,25). The van der Waals surface area contributed by atoms with Crippen molar-refractivity contribution in [3.05, 3.63) is 51.0 Å². The highest BCUT2D eigenvalue weighted by Gasteiger charge is 2.17. The molecule has 0 aliphatic heterocycles. The summed E-state index contributed by atoms with van der Waals surface area (Å²) in [5.41, 5.74) is 2.05. The van der Waals surface area contributed by atoms with E-state index >= 15 is 0 Å². The first kappa shape index (κ1) is 20.7. The van der Waals surface area contributed by atoms with E-state index in [2.05, 4.69) is 15.3 Å². The maximum absolute atomic E-state index is 12.6. The zero-order chi connectivity index (χ0) is 21.0. The average molecular weight is 414 g/mol. The van der Waals surface area contributed by atoms with Crippen molar-refractivity contribution in [3.8, 4) is 0 Å². The quantitative estimate of drug-likeness (QED) is 0.596. The number of fused-ring (bicyclic) bond motifs is 1. The number of esters is 1. The Morgan fingerprint density at radius 2 is 2.07 bits per heavy atom. The Bertz CT molecular complexity index is 1120. The van der Waals surface area contributed by atoms with Gasteiger partial charge in [0, 0.05) is 13.0 Å². The van der Waals surface area contributed by atoms with Crippen molar-refractivity contribution >= 4 is 39.2 Å². The van der Waals surface area contributed by atoms with Crippen LogP contribution in [0.5, 0.6) is 0 Å². The van der Waals surface area contributed by atoms with Gasteiger partial charge in [0.1, 0.15) is 4.88 Å². The van der Waals surface area contributed by atoms with Gasteiger partial charge in [0.05, 0.1) is 29.5 Å². The van der Waals surface area contributed by atoms with Gasteiger partial charge in [-0.25, -0.2) is 14.8 Å². The molecular formula is C20H22N4O4S. The second-order valence-corrected chi connectivity index (χ2v) is 7.52. The molecule has 0 radical (unpaired) electrons. The zero-order valence-electron chi connectivity index (χ0n) is 16.5. The van der Waals surface area contributed by atoms with Crippen LogP contribution in [0.2, 0.25) is 0 Å². The normalized spacial score (nSPS) is 10.9. The van der Waals surface area contributed by atoms with E-state index in [0.29, 0.717) is 39.6 Å². The number of thiazole rings is 1. The molecular weight excluding hydrogens is 392 g/mol. The van der Waals surface area contributed by atoms with Crippen LogP contribution in [0.1, 0.15) is 40.7 Å². The third kappa shape index (κ3) is 4.68. The Hall–Kier alpha value is -3.07. The molecule has 1 aromatic carbocycles. The number of aromatic nitrogens is 3. The molecule has 8 nitrogen and oxygen atoms in total. The van der Waals surface area contributed by atoms with E-state index < -0.39 is 5.97 Å². The van der Waals surface area contributed by atoms with Gasteiger partial charge < -0.3 is 10.1 Å². The number of aryl methyl sites for hydroxylation is 3. The van der Waals surface area contributed by atoms with Crippen molar-refractivity contribution in [2.45, 2.75) is 40.2 Å². The summed E-state index contributed by atoms with van der Waals surface area (Å²) in [6.45, 7) is 6.00. The minimum atomic E-state index is -0.443. The van der Waals surface area contributed by atoms with Crippen LogP contribution in [0.3, 0.4) is 0 Å². The molecule has 0 aliphatic rings. The summed E-state index contributed by atoms with van der Waals surface area (Å²) in [6.07, 6.45) is 2.21. The number of anilines is 1. The number of para-hydroxylation sites is 1. The van der Waals surface area contributed by atoms with E-state index in [1.807, 2.05) is 19.1 Å². The number of benzene rings is 1. The van der Waals surface area contributed by atoms with Gasteiger partial charge in [0.2, 0.25) is 5.91 Å². The Balaban J connectivity index is 1.59. The molecule has 0 fully saturated rings. The van der Waals surface area contributed by atoms with Crippen molar-refractivity contribution in [1.82, 2.24) is 14.5 Å². The van der Waals surface area contributed by atoms with Crippen LogP contribution in [0.15, 0.2) is 29.3 Å². The second kappa shape index (κ2) is 8.95. The number of carbonyl (C=O) groups is 2. The van der Waals surface area contributed by atoms with Gasteiger partial charge in [0.15, 0.2) is 5.13 Å². The second-order valence-electron chi connectivity index (χ2n) is 6.52. The maximum Gasteiger partial charge on any atom is 0.350 e. The summed E-state index contributed by atoms with van der Waals surface area (Å²) >= 11 is 1.09. The number of nitrogens with zero attached hydrogens (tertiary/aromatic N) is 3. The van der Waals surface area contributed by atoms with E-state index in [4.69, 9.17) is 4.74 Å². The van der Waals surface area contributed by atoms with Crippen molar-refractivity contribution in [2.75, 3.05) is 11.9 Å². The lowest BCUT2D eigenvalue weighted by Gasteiger charge is -2.07. The van der Waals surface area contributed by atoms with Gasteiger partial charge in [-0.3, -0.25) is 14.2 Å². The van der Waals surface area contributed by atoms with Crippen LogP contribution in [0, 0.1) is 13.8 Å². The fraction of sp³-hybridized carbons (Fsp3) is 0.350. The zero-order valence-corrected chi connectivity index (χ0v) is 17.3. The van der Waals surface area contributed by atoms with Crippen LogP contribution in [0.25, 0.3) is 10.9 Å². The van der Waals surface area contributed by atoms with Gasteiger partial charge in [0.25, 0.3) is 5.56 Å². The Kier molecular flexibility index (Phi) is 6.38. The molecule has 2 aromatic heterocycles. The van der Waals surface area contributed by atoms with Crippen molar-refractivity contribution in [2.24, 2.45) is 0 Å².